The van der Waals surface area contributed by atoms with Gasteiger partial charge in [-0.05, 0) is 12.2 Å². The summed E-state index contributed by atoms with van der Waals surface area (Å²) in [4.78, 5) is 23.8. The number of piperazine rings is 1. The van der Waals surface area contributed by atoms with Crippen molar-refractivity contribution >= 4 is 17.7 Å². The molecule has 0 saturated carbocycles. The summed E-state index contributed by atoms with van der Waals surface area (Å²) in [6, 6.07) is 1.61. The van der Waals surface area contributed by atoms with Crippen molar-refractivity contribution in [2.75, 3.05) is 49.9 Å². The normalized spacial score (nSPS) is 16.4. The minimum Gasteiger partial charge on any atom is -0.340 e. The van der Waals surface area contributed by atoms with E-state index in [9.17, 15) is 4.79 Å². The zero-order valence-corrected chi connectivity index (χ0v) is 13.5. The van der Waals surface area contributed by atoms with Crippen LogP contribution in [-0.4, -0.2) is 59.9 Å². The second-order valence-corrected chi connectivity index (χ2v) is 6.34. The van der Waals surface area contributed by atoms with Gasteiger partial charge in [0.25, 0.3) is 5.56 Å². The summed E-state index contributed by atoms with van der Waals surface area (Å²) in [6.45, 7) is 7.49. The monoisotopic (exact) mass is 311 g/mol. The molecule has 21 heavy (non-hydrogen) atoms. The van der Waals surface area contributed by atoms with E-state index in [2.05, 4.69) is 26.7 Å². The number of hydrogen-bond acceptors (Lipinski definition) is 6. The predicted octanol–water partition coefficient (Wildman–Crippen LogP) is 0.494. The molecule has 0 spiro atoms. The molecule has 0 unspecified atom stereocenters. The Hall–Kier alpha value is -1.05. The van der Waals surface area contributed by atoms with Crippen molar-refractivity contribution in [1.82, 2.24) is 14.9 Å². The predicted molar refractivity (Wildman–Crippen MR) is 89.0 cm³/mol. The van der Waals surface area contributed by atoms with E-state index in [-0.39, 0.29) is 5.56 Å². The van der Waals surface area contributed by atoms with Gasteiger partial charge in [-0.1, -0.05) is 6.92 Å². The molecule has 1 aliphatic heterocycles. The van der Waals surface area contributed by atoms with Crippen molar-refractivity contribution in [3.05, 3.63) is 22.1 Å². The van der Waals surface area contributed by atoms with E-state index in [0.717, 1.165) is 56.3 Å². The maximum absolute atomic E-state index is 11.8. The largest absolute Gasteiger partial charge is 0.340 e. The summed E-state index contributed by atoms with van der Waals surface area (Å²) >= 11 is 1.82. The molecule has 3 N–H and O–H groups in total. The number of hydrogen-bond donors (Lipinski definition) is 2. The number of nitrogens with one attached hydrogen (secondary N) is 1. The first-order chi connectivity index (χ1) is 10.2. The van der Waals surface area contributed by atoms with Crippen molar-refractivity contribution in [3.8, 4) is 0 Å². The van der Waals surface area contributed by atoms with Crippen LogP contribution in [0.2, 0.25) is 0 Å². The van der Waals surface area contributed by atoms with Gasteiger partial charge in [0.15, 0.2) is 0 Å². The van der Waals surface area contributed by atoms with Crippen LogP contribution in [0.25, 0.3) is 0 Å². The molecular weight excluding hydrogens is 286 g/mol. The lowest BCUT2D eigenvalue weighted by Crippen LogP contribution is -2.48. The molecule has 0 aromatic carbocycles. The third-order valence-corrected chi connectivity index (χ3v) is 4.69. The van der Waals surface area contributed by atoms with Gasteiger partial charge in [0.05, 0.1) is 5.69 Å². The van der Waals surface area contributed by atoms with Gasteiger partial charge in [-0.2, -0.15) is 11.8 Å². The van der Waals surface area contributed by atoms with Gasteiger partial charge in [0, 0.05) is 51.1 Å². The lowest BCUT2D eigenvalue weighted by atomic mass is 10.3. The number of rotatable bonds is 7. The van der Waals surface area contributed by atoms with Gasteiger partial charge in [-0.3, -0.25) is 14.7 Å². The second-order valence-electron chi connectivity index (χ2n) is 5.23. The molecule has 2 rings (SSSR count). The summed E-state index contributed by atoms with van der Waals surface area (Å²) < 4.78 is 0. The number of nitrogens with zero attached hydrogens (tertiary/aromatic N) is 3. The Balaban J connectivity index is 1.98. The van der Waals surface area contributed by atoms with E-state index in [1.54, 1.807) is 6.07 Å². The topological polar surface area (TPSA) is 78.2 Å². The number of aromatic nitrogens is 2. The molecule has 0 radical (unpaired) electrons. The summed E-state index contributed by atoms with van der Waals surface area (Å²) in [7, 11) is 0. The summed E-state index contributed by atoms with van der Waals surface area (Å²) in [5.74, 6) is 2.61. The first kappa shape index (κ1) is 16.3. The van der Waals surface area contributed by atoms with Crippen molar-refractivity contribution in [1.29, 1.82) is 0 Å². The van der Waals surface area contributed by atoms with E-state index in [4.69, 9.17) is 5.73 Å². The standard InChI is InChI=1S/C14H25N5OS/c1-2-9-21-11-12-10-13(20)17-14(16-12)19-7-5-18(4-3-15)6-8-19/h10H,2-9,11,15H2,1H3,(H,16,17,20). The molecule has 7 heteroatoms. The van der Waals surface area contributed by atoms with Gasteiger partial charge >= 0.3 is 0 Å². The van der Waals surface area contributed by atoms with Crippen LogP contribution in [0, 0.1) is 0 Å². The fourth-order valence-corrected chi connectivity index (χ4v) is 3.19. The molecule has 1 saturated heterocycles. The summed E-state index contributed by atoms with van der Waals surface area (Å²) in [5.41, 5.74) is 6.40. The fraction of sp³-hybridized carbons (Fsp3) is 0.714. The highest BCUT2D eigenvalue weighted by Gasteiger charge is 2.18. The van der Waals surface area contributed by atoms with E-state index >= 15 is 0 Å². The van der Waals surface area contributed by atoms with Crippen LogP contribution in [-0.2, 0) is 5.75 Å². The van der Waals surface area contributed by atoms with Crippen LogP contribution < -0.4 is 16.2 Å². The molecule has 1 aromatic rings. The van der Waals surface area contributed by atoms with Crippen LogP contribution in [0.1, 0.15) is 19.0 Å². The summed E-state index contributed by atoms with van der Waals surface area (Å²) in [6.07, 6.45) is 1.14. The van der Waals surface area contributed by atoms with Gasteiger partial charge < -0.3 is 10.6 Å². The molecule has 1 aliphatic rings. The lowest BCUT2D eigenvalue weighted by molar-refractivity contribution is 0.263. The molecule has 0 amide bonds. The minimum atomic E-state index is -0.0588. The highest BCUT2D eigenvalue weighted by atomic mass is 32.2. The Morgan fingerprint density at radius 1 is 1.38 bits per heavy atom. The molecule has 2 heterocycles. The third kappa shape index (κ3) is 5.01. The van der Waals surface area contributed by atoms with E-state index < -0.39 is 0 Å². The molecule has 0 bridgehead atoms. The second kappa shape index (κ2) is 8.41. The highest BCUT2D eigenvalue weighted by molar-refractivity contribution is 7.98. The van der Waals surface area contributed by atoms with Crippen molar-refractivity contribution in [2.45, 2.75) is 19.1 Å². The van der Waals surface area contributed by atoms with Crippen LogP contribution in [0.3, 0.4) is 0 Å². The zero-order valence-electron chi connectivity index (χ0n) is 12.7. The lowest BCUT2D eigenvalue weighted by Gasteiger charge is -2.34. The van der Waals surface area contributed by atoms with Crippen LogP contribution in [0.4, 0.5) is 5.95 Å². The molecule has 1 aromatic heterocycles. The molecule has 6 nitrogen and oxygen atoms in total. The Labute approximate surface area is 130 Å². The maximum atomic E-state index is 11.8. The number of nitrogens with two attached hydrogens (primary N) is 1. The summed E-state index contributed by atoms with van der Waals surface area (Å²) in [5, 5.41) is 0. The van der Waals surface area contributed by atoms with Gasteiger partial charge in [0.1, 0.15) is 0 Å². The number of H-pyrrole nitrogens is 1. The van der Waals surface area contributed by atoms with E-state index in [1.165, 1.54) is 0 Å². The van der Waals surface area contributed by atoms with Gasteiger partial charge in [-0.25, -0.2) is 4.98 Å². The van der Waals surface area contributed by atoms with Crippen LogP contribution in [0.5, 0.6) is 0 Å². The van der Waals surface area contributed by atoms with Crippen LogP contribution in [0.15, 0.2) is 10.9 Å². The van der Waals surface area contributed by atoms with Gasteiger partial charge in [0.2, 0.25) is 5.95 Å². The Morgan fingerprint density at radius 3 is 2.81 bits per heavy atom. The number of thioether (sulfide) groups is 1. The molecule has 0 atom stereocenters. The number of anilines is 1. The third-order valence-electron chi connectivity index (χ3n) is 3.50. The average molecular weight is 311 g/mol. The quantitative estimate of drug-likeness (QED) is 0.714. The molecule has 1 fully saturated rings. The van der Waals surface area contributed by atoms with Crippen molar-refractivity contribution < 1.29 is 0 Å². The first-order valence-electron chi connectivity index (χ1n) is 7.58. The molecule has 118 valence electrons. The number of aromatic amines is 1. The molecular formula is C14H25N5OS. The van der Waals surface area contributed by atoms with E-state index in [1.807, 2.05) is 11.8 Å². The SMILES string of the molecule is CCCSCc1cc(=O)[nH]c(N2CCN(CCN)CC2)n1. The molecule has 0 aliphatic carbocycles. The fourth-order valence-electron chi connectivity index (χ4n) is 2.40. The van der Waals surface area contributed by atoms with Crippen molar-refractivity contribution in [3.63, 3.8) is 0 Å². The zero-order chi connectivity index (χ0) is 15.1. The van der Waals surface area contributed by atoms with Crippen LogP contribution >= 0.6 is 11.8 Å². The minimum absolute atomic E-state index is 0.0588. The smallest absolute Gasteiger partial charge is 0.252 e. The van der Waals surface area contributed by atoms with Crippen molar-refractivity contribution in [2.24, 2.45) is 5.73 Å². The highest BCUT2D eigenvalue weighted by Crippen LogP contribution is 2.14. The Kier molecular flexibility index (Phi) is 6.53. The van der Waals surface area contributed by atoms with Gasteiger partial charge in [-0.15, -0.1) is 0 Å². The Morgan fingerprint density at radius 2 is 2.14 bits per heavy atom. The van der Waals surface area contributed by atoms with E-state index in [0.29, 0.717) is 12.5 Å². The first-order valence-corrected chi connectivity index (χ1v) is 8.73. The Bertz CT molecular complexity index is 484. The average Bonchev–Trinajstić information content (AvgIpc) is 2.48. The maximum Gasteiger partial charge on any atom is 0.252 e.